The third-order valence-electron chi connectivity index (χ3n) is 5.11. The molecule has 1 atom stereocenters. The van der Waals surface area contributed by atoms with E-state index in [4.69, 9.17) is 0 Å². The second-order valence-corrected chi connectivity index (χ2v) is 7.18. The summed E-state index contributed by atoms with van der Waals surface area (Å²) in [6.07, 6.45) is -7.70. The van der Waals surface area contributed by atoms with Crippen molar-refractivity contribution in [3.63, 3.8) is 0 Å². The minimum absolute atomic E-state index is 0.00486. The van der Waals surface area contributed by atoms with Crippen LogP contribution < -0.4 is 5.32 Å². The van der Waals surface area contributed by atoms with Gasteiger partial charge in [-0.05, 0) is 38.7 Å². The molecule has 0 radical (unpaired) electrons. The van der Waals surface area contributed by atoms with Gasteiger partial charge in [-0.2, -0.15) is 36.5 Å². The van der Waals surface area contributed by atoms with Gasteiger partial charge in [0.2, 0.25) is 5.91 Å². The summed E-state index contributed by atoms with van der Waals surface area (Å²) in [6.45, 7) is 3.10. The number of hydrogen-bond acceptors (Lipinski definition) is 3. The molecule has 0 saturated heterocycles. The Morgan fingerprint density at radius 3 is 2.43 bits per heavy atom. The van der Waals surface area contributed by atoms with Crippen LogP contribution in [0.2, 0.25) is 0 Å². The Bertz CT molecular complexity index is 927. The highest BCUT2D eigenvalue weighted by Gasteiger charge is 2.41. The third-order valence-corrected chi connectivity index (χ3v) is 5.11. The van der Waals surface area contributed by atoms with Crippen LogP contribution in [0.1, 0.15) is 54.1 Å². The monoisotopic (exact) mass is 437 g/mol. The summed E-state index contributed by atoms with van der Waals surface area (Å²) >= 11 is 0. The average Bonchev–Trinajstić information content (AvgIpc) is 3.31. The molecule has 1 N–H and O–H groups in total. The predicted molar refractivity (Wildman–Crippen MR) is 93.6 cm³/mol. The Morgan fingerprint density at radius 1 is 1.17 bits per heavy atom. The lowest BCUT2D eigenvalue weighted by Gasteiger charge is -2.18. The molecule has 12 heteroatoms. The molecule has 1 aliphatic rings. The molecule has 0 aromatic carbocycles. The number of halogens is 6. The molecule has 3 rings (SSSR count). The summed E-state index contributed by atoms with van der Waals surface area (Å²) in [6, 6.07) is -0.0278. The van der Waals surface area contributed by atoms with Gasteiger partial charge in [-0.25, -0.2) is 0 Å². The van der Waals surface area contributed by atoms with Crippen LogP contribution in [0.5, 0.6) is 0 Å². The van der Waals surface area contributed by atoms with Gasteiger partial charge in [0.25, 0.3) is 0 Å². The van der Waals surface area contributed by atoms with E-state index >= 15 is 0 Å². The molecule has 30 heavy (non-hydrogen) atoms. The molecular formula is C18H21F6N5O. The summed E-state index contributed by atoms with van der Waals surface area (Å²) in [7, 11) is 0. The number of carbonyl (C=O) groups excluding carboxylic acids is 1. The largest absolute Gasteiger partial charge is 0.435 e. The van der Waals surface area contributed by atoms with Crippen molar-refractivity contribution in [3.05, 3.63) is 34.4 Å². The number of hydrogen-bond donors (Lipinski definition) is 1. The molecule has 0 bridgehead atoms. The highest BCUT2D eigenvalue weighted by Crippen LogP contribution is 2.37. The van der Waals surface area contributed by atoms with Crippen LogP contribution in [0.15, 0.2) is 6.07 Å². The van der Waals surface area contributed by atoms with Crippen LogP contribution in [-0.2, 0) is 36.5 Å². The Hall–Kier alpha value is -2.53. The fourth-order valence-electron chi connectivity index (χ4n) is 3.70. The van der Waals surface area contributed by atoms with Crippen LogP contribution in [0.25, 0.3) is 0 Å². The van der Waals surface area contributed by atoms with Gasteiger partial charge in [-0.1, -0.05) is 6.92 Å². The van der Waals surface area contributed by atoms with Gasteiger partial charge < -0.3 is 5.32 Å². The molecule has 0 spiro atoms. The van der Waals surface area contributed by atoms with Gasteiger partial charge in [-0.3, -0.25) is 14.2 Å². The Labute approximate surface area is 168 Å². The zero-order valence-corrected chi connectivity index (χ0v) is 16.4. The second-order valence-electron chi connectivity index (χ2n) is 7.18. The van der Waals surface area contributed by atoms with Crippen molar-refractivity contribution in [1.82, 2.24) is 24.9 Å². The van der Waals surface area contributed by atoms with Gasteiger partial charge in [0.1, 0.15) is 6.04 Å². The van der Waals surface area contributed by atoms with E-state index in [0.717, 1.165) is 15.4 Å². The van der Waals surface area contributed by atoms with E-state index in [1.165, 1.54) is 6.92 Å². The number of nitrogens with zero attached hydrogens (tertiary/aromatic N) is 4. The first kappa shape index (κ1) is 22.2. The van der Waals surface area contributed by atoms with E-state index in [1.807, 2.05) is 0 Å². The van der Waals surface area contributed by atoms with E-state index in [0.29, 0.717) is 18.5 Å². The molecule has 0 unspecified atom stereocenters. The molecule has 166 valence electrons. The molecule has 6 nitrogen and oxygen atoms in total. The lowest BCUT2D eigenvalue weighted by atomic mass is 10.1. The number of rotatable bonds is 6. The van der Waals surface area contributed by atoms with Crippen LogP contribution >= 0.6 is 0 Å². The standard InChI is InChI=1S/C18H21F6N5O/c1-3-12(29-13-6-4-5-11(13)15(27-29)18(22,23)24)16(30)25-7-8-28-10(2)9-14(26-28)17(19,20)21/h9,12H,3-8H2,1-2H3,(H,25,30)/t12-/m1/s1. The van der Waals surface area contributed by atoms with Crippen LogP contribution in [0, 0.1) is 6.92 Å². The number of fused-ring (bicyclic) bond motifs is 1. The van der Waals surface area contributed by atoms with Crippen molar-refractivity contribution in [2.45, 2.75) is 64.5 Å². The first-order valence-corrected chi connectivity index (χ1v) is 9.50. The van der Waals surface area contributed by atoms with E-state index in [1.54, 1.807) is 6.92 Å². The highest BCUT2D eigenvalue weighted by atomic mass is 19.4. The van der Waals surface area contributed by atoms with Gasteiger partial charge >= 0.3 is 12.4 Å². The lowest BCUT2D eigenvalue weighted by Crippen LogP contribution is -2.35. The number of carbonyl (C=O) groups is 1. The normalized spacial score (nSPS) is 15.3. The molecule has 0 aliphatic heterocycles. The highest BCUT2D eigenvalue weighted by molar-refractivity contribution is 5.80. The number of aromatic nitrogens is 4. The van der Waals surface area contributed by atoms with Crippen molar-refractivity contribution in [1.29, 1.82) is 0 Å². The molecule has 0 saturated carbocycles. The summed E-state index contributed by atoms with van der Waals surface area (Å²) < 4.78 is 80.3. The van der Waals surface area contributed by atoms with Crippen molar-refractivity contribution < 1.29 is 31.1 Å². The Morgan fingerprint density at radius 2 is 1.87 bits per heavy atom. The first-order valence-electron chi connectivity index (χ1n) is 9.50. The molecule has 0 fully saturated rings. The lowest BCUT2D eigenvalue weighted by molar-refractivity contribution is -0.142. The van der Waals surface area contributed by atoms with E-state index < -0.39 is 35.7 Å². The zero-order valence-electron chi connectivity index (χ0n) is 16.4. The summed E-state index contributed by atoms with van der Waals surface area (Å²) in [5, 5.41) is 9.74. The molecule has 2 aromatic rings. The van der Waals surface area contributed by atoms with Crippen molar-refractivity contribution >= 4 is 5.91 Å². The minimum atomic E-state index is -4.59. The van der Waals surface area contributed by atoms with E-state index in [-0.39, 0.29) is 37.2 Å². The number of amides is 1. The second kappa shape index (κ2) is 7.95. The quantitative estimate of drug-likeness (QED) is 0.702. The maximum Gasteiger partial charge on any atom is 0.435 e. The van der Waals surface area contributed by atoms with Crippen molar-refractivity contribution in [2.75, 3.05) is 6.54 Å². The van der Waals surface area contributed by atoms with Gasteiger partial charge in [-0.15, -0.1) is 0 Å². The maximum absolute atomic E-state index is 13.3. The van der Waals surface area contributed by atoms with E-state index in [9.17, 15) is 31.1 Å². The number of alkyl halides is 6. The summed E-state index contributed by atoms with van der Waals surface area (Å²) in [5.41, 5.74) is -1.14. The van der Waals surface area contributed by atoms with Gasteiger partial charge in [0.15, 0.2) is 11.4 Å². The summed E-state index contributed by atoms with van der Waals surface area (Å²) in [4.78, 5) is 12.6. The molecule has 2 aromatic heterocycles. The number of nitrogens with one attached hydrogen (secondary N) is 1. The van der Waals surface area contributed by atoms with Crippen molar-refractivity contribution in [3.8, 4) is 0 Å². The van der Waals surface area contributed by atoms with Crippen LogP contribution in [0.4, 0.5) is 26.3 Å². The fourth-order valence-corrected chi connectivity index (χ4v) is 3.70. The smallest absolute Gasteiger partial charge is 0.352 e. The average molecular weight is 437 g/mol. The van der Waals surface area contributed by atoms with Crippen LogP contribution in [0.3, 0.4) is 0 Å². The molecule has 1 aliphatic carbocycles. The molecular weight excluding hydrogens is 416 g/mol. The third kappa shape index (κ3) is 4.31. The first-order chi connectivity index (χ1) is 13.9. The SMILES string of the molecule is CC[C@H](C(=O)NCCn1nc(C(F)(F)F)cc1C)n1nc(C(F)(F)F)c2c1CCC2. The predicted octanol–water partition coefficient (Wildman–Crippen LogP) is 3.68. The number of aryl methyl sites for hydroxylation is 1. The van der Waals surface area contributed by atoms with Crippen LogP contribution in [-0.4, -0.2) is 32.0 Å². The van der Waals surface area contributed by atoms with Gasteiger partial charge in [0.05, 0.1) is 6.54 Å². The zero-order chi connectivity index (χ0) is 22.3. The maximum atomic E-state index is 13.3. The fraction of sp³-hybridized carbons (Fsp3) is 0.611. The van der Waals surface area contributed by atoms with Crippen molar-refractivity contribution in [2.24, 2.45) is 0 Å². The topological polar surface area (TPSA) is 64.7 Å². The molecule has 2 heterocycles. The Kier molecular flexibility index (Phi) is 5.87. The van der Waals surface area contributed by atoms with Gasteiger partial charge in [0, 0.05) is 23.5 Å². The molecule has 1 amide bonds. The van der Waals surface area contributed by atoms with E-state index in [2.05, 4.69) is 15.5 Å². The minimum Gasteiger partial charge on any atom is -0.352 e. The Balaban J connectivity index is 1.71. The summed E-state index contributed by atoms with van der Waals surface area (Å²) in [5.74, 6) is -0.538.